The molecule has 5 N–H and O–H groups in total. The fourth-order valence-corrected chi connectivity index (χ4v) is 5.85. The number of rotatable bonds is 8. The molecular formula is C20H20ClN5O9S. The monoisotopic (exact) mass is 541 g/mol. The summed E-state index contributed by atoms with van der Waals surface area (Å²) in [7, 11) is 0. The van der Waals surface area contributed by atoms with Crippen LogP contribution in [0, 0.1) is 0 Å². The number of fused-ring (bicyclic) bond motifs is 1. The Balaban J connectivity index is 1.28. The van der Waals surface area contributed by atoms with Crippen molar-refractivity contribution >= 4 is 58.9 Å². The lowest BCUT2D eigenvalue weighted by atomic mass is 10.1. The lowest BCUT2D eigenvalue weighted by Crippen LogP contribution is -2.58. The Morgan fingerprint density at radius 1 is 1.17 bits per heavy atom. The van der Waals surface area contributed by atoms with Crippen LogP contribution in [0.25, 0.3) is 0 Å². The molecule has 5 amide bonds. The normalized spacial score (nSPS) is 22.8. The summed E-state index contributed by atoms with van der Waals surface area (Å²) in [6.07, 6.45) is -0.114. The number of ketones is 1. The number of hydrazine groups is 1. The molecule has 0 bridgehead atoms. The van der Waals surface area contributed by atoms with Gasteiger partial charge in [-0.05, 0) is 12.1 Å². The molecule has 3 saturated heterocycles. The zero-order chi connectivity index (χ0) is 26.4. The van der Waals surface area contributed by atoms with Crippen LogP contribution in [-0.4, -0.2) is 102 Å². The third-order valence-corrected chi connectivity index (χ3v) is 7.94. The maximum Gasteiger partial charge on any atom is 0.342 e. The fraction of sp³-hybridized carbons (Fsp3) is 0.400. The number of amides is 5. The number of aliphatic carboxylic acids is 1. The Hall–Kier alpha value is -3.72. The number of nitrogens with one attached hydrogen (secondary N) is 2. The topological polar surface area (TPSA) is 197 Å². The van der Waals surface area contributed by atoms with Crippen LogP contribution in [0.2, 0.25) is 5.02 Å². The molecule has 0 spiro atoms. The van der Waals surface area contributed by atoms with E-state index in [1.54, 1.807) is 0 Å². The summed E-state index contributed by atoms with van der Waals surface area (Å²) in [5.41, 5.74) is 2.00. The first kappa shape index (κ1) is 25.4. The number of hydrogen-bond donors (Lipinski definition) is 5. The van der Waals surface area contributed by atoms with Crippen molar-refractivity contribution in [2.45, 2.75) is 23.1 Å². The number of nitrogens with zero attached hydrogens (tertiary/aromatic N) is 3. The van der Waals surface area contributed by atoms with Crippen molar-refractivity contribution in [3.63, 3.8) is 0 Å². The first-order chi connectivity index (χ1) is 17.0. The molecule has 1 aromatic rings. The molecular weight excluding hydrogens is 522 g/mol. The molecule has 3 fully saturated rings. The Morgan fingerprint density at radius 2 is 1.89 bits per heavy atom. The number of halogens is 1. The number of β-lactam (4-membered cyclic amide) rings is 1. The number of carboxylic acids is 1. The highest BCUT2D eigenvalue weighted by molar-refractivity contribution is 8.02. The van der Waals surface area contributed by atoms with E-state index in [0.29, 0.717) is 0 Å². The van der Waals surface area contributed by atoms with Gasteiger partial charge in [-0.25, -0.2) is 14.6 Å². The fourth-order valence-electron chi connectivity index (χ4n) is 4.00. The van der Waals surface area contributed by atoms with Crippen LogP contribution in [0.4, 0.5) is 4.79 Å². The summed E-state index contributed by atoms with van der Waals surface area (Å²) >= 11 is 6.79. The second-order valence-corrected chi connectivity index (χ2v) is 9.97. The predicted octanol–water partition coefficient (Wildman–Crippen LogP) is -0.705. The van der Waals surface area contributed by atoms with E-state index in [1.165, 1.54) is 4.90 Å². The number of carbonyl (C=O) groups is 6. The number of carboxylic acid groups (broad SMARTS) is 1. The minimum atomic E-state index is -1.65. The highest BCUT2D eigenvalue weighted by Gasteiger charge is 2.62. The number of urea groups is 1. The van der Waals surface area contributed by atoms with Gasteiger partial charge in [0, 0.05) is 19.5 Å². The lowest BCUT2D eigenvalue weighted by Gasteiger charge is -2.33. The maximum atomic E-state index is 12.9. The standard InChI is InChI=1S/C20H20ClN5O9S/c21-14-9(1-2-10(27)16(14)31)15(30)17(32)22-4-3-11(28)23-26-6-5-25(19(26)35)20(18(33)34)8-24-12(29)7-13(24)36-20/h1-2,13,27,31H,3-8H2,(H,22,32)(H,23,28)(H,33,34). The minimum absolute atomic E-state index is 0.00641. The van der Waals surface area contributed by atoms with E-state index in [-0.39, 0.29) is 55.9 Å². The van der Waals surface area contributed by atoms with Crippen molar-refractivity contribution in [3.05, 3.63) is 22.7 Å². The molecule has 0 saturated carbocycles. The molecule has 0 radical (unpaired) electrons. The Labute approximate surface area is 212 Å². The van der Waals surface area contributed by atoms with Gasteiger partial charge < -0.3 is 25.5 Å². The van der Waals surface area contributed by atoms with Crippen LogP contribution < -0.4 is 10.7 Å². The average molecular weight is 542 g/mol. The van der Waals surface area contributed by atoms with E-state index in [2.05, 4.69) is 10.7 Å². The molecule has 14 nitrogen and oxygen atoms in total. The number of phenolic OH excluding ortho intramolecular Hbond substituents is 2. The largest absolute Gasteiger partial charge is 0.504 e. The van der Waals surface area contributed by atoms with Gasteiger partial charge in [0.25, 0.3) is 11.7 Å². The van der Waals surface area contributed by atoms with Crippen molar-refractivity contribution in [2.24, 2.45) is 0 Å². The van der Waals surface area contributed by atoms with Crippen LogP contribution in [0.15, 0.2) is 12.1 Å². The van der Waals surface area contributed by atoms with E-state index in [9.17, 15) is 44.1 Å². The van der Waals surface area contributed by atoms with Gasteiger partial charge in [0.05, 0.1) is 35.5 Å². The van der Waals surface area contributed by atoms with Crippen LogP contribution in [0.1, 0.15) is 23.2 Å². The molecule has 3 heterocycles. The summed E-state index contributed by atoms with van der Waals surface area (Å²) in [5.74, 6) is -5.65. The lowest BCUT2D eigenvalue weighted by molar-refractivity contribution is -0.147. The van der Waals surface area contributed by atoms with Gasteiger partial charge in [-0.3, -0.25) is 29.5 Å². The highest BCUT2D eigenvalue weighted by Crippen LogP contribution is 2.49. The number of Topliss-reactive ketones (excluding diaryl/α,β-unsaturated/α-hetero) is 1. The van der Waals surface area contributed by atoms with Gasteiger partial charge in [0.1, 0.15) is 0 Å². The SMILES string of the molecule is O=C(CCNC(=O)C(=O)c1ccc(O)c(O)c1Cl)NN1CCN(C2(C(=O)O)CN3C(=O)CC3S2)C1=O. The quantitative estimate of drug-likeness (QED) is 0.121. The molecule has 36 heavy (non-hydrogen) atoms. The third-order valence-electron chi connectivity index (χ3n) is 5.96. The smallest absolute Gasteiger partial charge is 0.342 e. The van der Waals surface area contributed by atoms with Gasteiger partial charge in [-0.2, -0.15) is 0 Å². The minimum Gasteiger partial charge on any atom is -0.504 e. The molecule has 16 heteroatoms. The molecule has 1 aromatic carbocycles. The van der Waals surface area contributed by atoms with Gasteiger partial charge in [0.15, 0.2) is 11.5 Å². The summed E-state index contributed by atoms with van der Waals surface area (Å²) in [6.45, 7) is -0.407. The van der Waals surface area contributed by atoms with Gasteiger partial charge in [-0.1, -0.05) is 23.4 Å². The molecule has 0 aromatic heterocycles. The number of benzene rings is 1. The van der Waals surface area contributed by atoms with Crippen molar-refractivity contribution in [1.82, 2.24) is 25.6 Å². The Bertz CT molecular complexity index is 1200. The molecule has 192 valence electrons. The predicted molar refractivity (Wildman–Crippen MR) is 122 cm³/mol. The number of thioether (sulfide) groups is 1. The van der Waals surface area contributed by atoms with Crippen LogP contribution in [0.3, 0.4) is 0 Å². The first-order valence-corrected chi connectivity index (χ1v) is 11.8. The highest BCUT2D eigenvalue weighted by atomic mass is 35.5. The van der Waals surface area contributed by atoms with Gasteiger partial charge >= 0.3 is 12.0 Å². The summed E-state index contributed by atoms with van der Waals surface area (Å²) < 4.78 is 0. The number of carbonyl (C=O) groups excluding carboxylic acids is 5. The Kier molecular flexibility index (Phi) is 6.62. The van der Waals surface area contributed by atoms with Crippen LogP contribution in [-0.2, 0) is 19.2 Å². The van der Waals surface area contributed by atoms with E-state index in [0.717, 1.165) is 33.8 Å². The Morgan fingerprint density at radius 3 is 2.53 bits per heavy atom. The van der Waals surface area contributed by atoms with Crippen molar-refractivity contribution in [3.8, 4) is 11.5 Å². The van der Waals surface area contributed by atoms with Crippen LogP contribution >= 0.6 is 23.4 Å². The number of aromatic hydroxyl groups is 2. The van der Waals surface area contributed by atoms with Gasteiger partial charge in [-0.15, -0.1) is 0 Å². The van der Waals surface area contributed by atoms with E-state index in [1.807, 2.05) is 0 Å². The summed E-state index contributed by atoms with van der Waals surface area (Å²) in [5, 5.41) is 31.2. The molecule has 2 unspecified atom stereocenters. The number of hydrogen-bond acceptors (Lipinski definition) is 9. The van der Waals surface area contributed by atoms with Crippen molar-refractivity contribution < 1.29 is 44.1 Å². The van der Waals surface area contributed by atoms with Crippen LogP contribution in [0.5, 0.6) is 11.5 Å². The molecule has 4 rings (SSSR count). The maximum absolute atomic E-state index is 12.9. The molecule has 0 aliphatic carbocycles. The van der Waals surface area contributed by atoms with Crippen molar-refractivity contribution in [2.75, 3.05) is 26.2 Å². The zero-order valence-corrected chi connectivity index (χ0v) is 20.0. The second-order valence-electron chi connectivity index (χ2n) is 8.14. The molecule has 2 atom stereocenters. The first-order valence-electron chi connectivity index (χ1n) is 10.6. The molecule has 3 aliphatic rings. The number of phenols is 2. The van der Waals surface area contributed by atoms with E-state index >= 15 is 0 Å². The summed E-state index contributed by atoms with van der Waals surface area (Å²) in [6, 6.07) is 1.31. The van der Waals surface area contributed by atoms with E-state index in [4.69, 9.17) is 11.6 Å². The van der Waals surface area contributed by atoms with Crippen molar-refractivity contribution in [1.29, 1.82) is 0 Å². The zero-order valence-electron chi connectivity index (χ0n) is 18.4. The third kappa shape index (κ3) is 4.24. The summed E-state index contributed by atoms with van der Waals surface area (Å²) in [4.78, 5) is 74.1. The molecule has 3 aliphatic heterocycles. The second kappa shape index (κ2) is 9.39. The average Bonchev–Trinajstić information content (AvgIpc) is 3.34. The van der Waals surface area contributed by atoms with E-state index < -0.39 is 51.0 Å². The van der Waals surface area contributed by atoms with Gasteiger partial charge in [0.2, 0.25) is 16.7 Å².